The fourth-order valence-electron chi connectivity index (χ4n) is 1.25. The third-order valence-corrected chi connectivity index (χ3v) is 1.96. The largest absolute Gasteiger partial charge is 0.318 e. The van der Waals surface area contributed by atoms with Crippen LogP contribution in [-0.4, -0.2) is 21.1 Å². The molecule has 6 nitrogen and oxygen atoms in total. The molecule has 0 saturated heterocycles. The number of H-pyrrole nitrogens is 2. The zero-order valence-electron chi connectivity index (χ0n) is 8.57. The highest BCUT2D eigenvalue weighted by Crippen LogP contribution is 2.05. The summed E-state index contributed by atoms with van der Waals surface area (Å²) in [5, 5.41) is 9.11. The lowest BCUT2D eigenvalue weighted by Crippen LogP contribution is -2.18. The molecule has 1 amide bonds. The normalized spacial score (nSPS) is 10.1. The van der Waals surface area contributed by atoms with Gasteiger partial charge in [-0.1, -0.05) is 6.07 Å². The van der Waals surface area contributed by atoms with Gasteiger partial charge in [0.05, 0.1) is 0 Å². The van der Waals surface area contributed by atoms with Gasteiger partial charge < -0.3 is 10.3 Å². The van der Waals surface area contributed by atoms with Crippen molar-refractivity contribution in [1.29, 1.82) is 0 Å². The molecule has 0 unspecified atom stereocenters. The van der Waals surface area contributed by atoms with Gasteiger partial charge in [0.25, 0.3) is 5.91 Å². The standard InChI is InChI=1S/C10H10N4O2/c1-6-5-8(14-13-6)12-10(16)7-3-2-4-9(15)11-7/h2-5H,1H3,(H,11,15)(H2,12,13,14,16). The Bertz CT molecular complexity index is 570. The van der Waals surface area contributed by atoms with Crippen LogP contribution in [0.25, 0.3) is 0 Å². The molecule has 0 aliphatic heterocycles. The Morgan fingerprint density at radius 3 is 2.88 bits per heavy atom. The molecular formula is C10H10N4O2. The van der Waals surface area contributed by atoms with Crippen LogP contribution in [0.3, 0.4) is 0 Å². The maximum Gasteiger partial charge on any atom is 0.273 e. The van der Waals surface area contributed by atoms with Crippen molar-refractivity contribution in [3.8, 4) is 0 Å². The Morgan fingerprint density at radius 1 is 1.44 bits per heavy atom. The van der Waals surface area contributed by atoms with Gasteiger partial charge in [-0.3, -0.25) is 14.7 Å². The molecule has 0 atom stereocenters. The van der Waals surface area contributed by atoms with Gasteiger partial charge in [-0.05, 0) is 13.0 Å². The summed E-state index contributed by atoms with van der Waals surface area (Å²) in [5.74, 6) is 0.0244. The molecule has 0 aliphatic carbocycles. The smallest absolute Gasteiger partial charge is 0.273 e. The van der Waals surface area contributed by atoms with Crippen LogP contribution in [0.2, 0.25) is 0 Å². The Morgan fingerprint density at radius 2 is 2.25 bits per heavy atom. The number of rotatable bonds is 2. The number of pyridine rings is 1. The van der Waals surface area contributed by atoms with Crippen molar-refractivity contribution in [2.24, 2.45) is 0 Å². The lowest BCUT2D eigenvalue weighted by Gasteiger charge is -2.00. The van der Waals surface area contributed by atoms with E-state index in [1.54, 1.807) is 6.07 Å². The van der Waals surface area contributed by atoms with Gasteiger partial charge in [-0.15, -0.1) is 0 Å². The summed E-state index contributed by atoms with van der Waals surface area (Å²) < 4.78 is 0. The Kier molecular flexibility index (Phi) is 2.55. The van der Waals surface area contributed by atoms with E-state index in [1.165, 1.54) is 18.2 Å². The van der Waals surface area contributed by atoms with E-state index < -0.39 is 5.91 Å². The minimum Gasteiger partial charge on any atom is -0.318 e. The topological polar surface area (TPSA) is 90.6 Å². The molecule has 2 aromatic heterocycles. The van der Waals surface area contributed by atoms with E-state index in [0.29, 0.717) is 5.82 Å². The van der Waals surface area contributed by atoms with Crippen LogP contribution in [0.1, 0.15) is 16.2 Å². The van der Waals surface area contributed by atoms with Crippen molar-refractivity contribution in [1.82, 2.24) is 15.2 Å². The molecule has 0 aromatic carbocycles. The van der Waals surface area contributed by atoms with Crippen LogP contribution >= 0.6 is 0 Å². The van der Waals surface area contributed by atoms with Crippen molar-refractivity contribution >= 4 is 11.7 Å². The minimum absolute atomic E-state index is 0.202. The molecule has 0 spiro atoms. The second kappa shape index (κ2) is 4.01. The maximum absolute atomic E-state index is 11.6. The first-order valence-electron chi connectivity index (χ1n) is 4.68. The zero-order valence-corrected chi connectivity index (χ0v) is 8.57. The van der Waals surface area contributed by atoms with Gasteiger partial charge in [0.15, 0.2) is 5.82 Å². The van der Waals surface area contributed by atoms with E-state index in [-0.39, 0.29) is 11.3 Å². The average molecular weight is 218 g/mol. The van der Waals surface area contributed by atoms with Crippen LogP contribution in [0, 0.1) is 6.92 Å². The van der Waals surface area contributed by atoms with Crippen molar-refractivity contribution in [2.45, 2.75) is 6.92 Å². The number of aromatic amines is 2. The van der Waals surface area contributed by atoms with Crippen LogP contribution < -0.4 is 10.9 Å². The first kappa shape index (κ1) is 10.2. The first-order valence-corrected chi connectivity index (χ1v) is 4.68. The lowest BCUT2D eigenvalue weighted by molar-refractivity contribution is 0.102. The van der Waals surface area contributed by atoms with E-state index in [2.05, 4.69) is 20.5 Å². The fraction of sp³-hybridized carbons (Fsp3) is 0.100. The van der Waals surface area contributed by atoms with Gasteiger partial charge in [-0.2, -0.15) is 5.10 Å². The van der Waals surface area contributed by atoms with Crippen molar-refractivity contribution in [3.63, 3.8) is 0 Å². The van der Waals surface area contributed by atoms with Gasteiger partial charge in [0.1, 0.15) is 5.69 Å². The molecule has 0 aliphatic rings. The molecule has 6 heteroatoms. The Labute approximate surface area is 90.7 Å². The predicted molar refractivity (Wildman–Crippen MR) is 58.3 cm³/mol. The summed E-state index contributed by atoms with van der Waals surface area (Å²) in [7, 11) is 0. The van der Waals surface area contributed by atoms with Gasteiger partial charge >= 0.3 is 0 Å². The lowest BCUT2D eigenvalue weighted by atomic mass is 10.3. The molecule has 2 aromatic rings. The number of amides is 1. The summed E-state index contributed by atoms with van der Waals surface area (Å²) >= 11 is 0. The molecule has 0 saturated carbocycles. The number of anilines is 1. The van der Waals surface area contributed by atoms with E-state index in [4.69, 9.17) is 0 Å². The number of nitrogens with zero attached hydrogens (tertiary/aromatic N) is 1. The monoisotopic (exact) mass is 218 g/mol. The summed E-state index contributed by atoms with van der Waals surface area (Å²) in [4.78, 5) is 25.1. The summed E-state index contributed by atoms with van der Waals surface area (Å²) in [6.45, 7) is 1.83. The first-order chi connectivity index (χ1) is 7.65. The molecule has 16 heavy (non-hydrogen) atoms. The molecule has 3 N–H and O–H groups in total. The van der Waals surface area contributed by atoms with E-state index in [9.17, 15) is 9.59 Å². The number of aryl methyl sites for hydroxylation is 1. The SMILES string of the molecule is Cc1cc(NC(=O)c2cccc(=O)[nH]2)n[nH]1. The summed E-state index contributed by atoms with van der Waals surface area (Å²) in [6.07, 6.45) is 0. The quantitative estimate of drug-likeness (QED) is 0.691. The highest BCUT2D eigenvalue weighted by atomic mass is 16.2. The van der Waals surface area contributed by atoms with E-state index in [1.807, 2.05) is 6.92 Å². The highest BCUT2D eigenvalue weighted by molar-refractivity contribution is 6.02. The number of nitrogens with one attached hydrogen (secondary N) is 3. The van der Waals surface area contributed by atoms with Crippen LogP contribution in [0.4, 0.5) is 5.82 Å². The van der Waals surface area contributed by atoms with Gasteiger partial charge in [0, 0.05) is 17.8 Å². The number of hydrogen-bond acceptors (Lipinski definition) is 3. The third kappa shape index (κ3) is 2.17. The highest BCUT2D eigenvalue weighted by Gasteiger charge is 2.07. The molecule has 2 rings (SSSR count). The second-order valence-corrected chi connectivity index (χ2v) is 3.32. The van der Waals surface area contributed by atoms with Gasteiger partial charge in [0.2, 0.25) is 5.56 Å². The molecule has 2 heterocycles. The van der Waals surface area contributed by atoms with Crippen LogP contribution in [-0.2, 0) is 0 Å². The Hall–Kier alpha value is -2.37. The minimum atomic E-state index is -0.399. The predicted octanol–water partition coefficient (Wildman–Crippen LogP) is 0.659. The third-order valence-electron chi connectivity index (χ3n) is 1.96. The molecular weight excluding hydrogens is 208 g/mol. The zero-order chi connectivity index (χ0) is 11.5. The fourth-order valence-corrected chi connectivity index (χ4v) is 1.25. The molecule has 0 fully saturated rings. The summed E-state index contributed by atoms with van der Waals surface area (Å²) in [6, 6.07) is 6.08. The van der Waals surface area contributed by atoms with Crippen LogP contribution in [0.15, 0.2) is 29.1 Å². The van der Waals surface area contributed by atoms with Crippen LogP contribution in [0.5, 0.6) is 0 Å². The summed E-state index contributed by atoms with van der Waals surface area (Å²) in [5.41, 5.74) is 0.732. The number of carbonyl (C=O) groups excluding carboxylic acids is 1. The van der Waals surface area contributed by atoms with E-state index >= 15 is 0 Å². The molecule has 82 valence electrons. The Balaban J connectivity index is 2.17. The number of aromatic nitrogens is 3. The number of hydrogen-bond donors (Lipinski definition) is 3. The average Bonchev–Trinajstić information content (AvgIpc) is 2.64. The molecule has 0 radical (unpaired) electrons. The van der Waals surface area contributed by atoms with Gasteiger partial charge in [-0.25, -0.2) is 0 Å². The van der Waals surface area contributed by atoms with Crippen molar-refractivity contribution < 1.29 is 4.79 Å². The van der Waals surface area contributed by atoms with Crippen molar-refractivity contribution in [2.75, 3.05) is 5.32 Å². The second-order valence-electron chi connectivity index (χ2n) is 3.32. The molecule has 0 bridgehead atoms. The van der Waals surface area contributed by atoms with Crippen molar-refractivity contribution in [3.05, 3.63) is 46.0 Å². The maximum atomic E-state index is 11.6. The van der Waals surface area contributed by atoms with E-state index in [0.717, 1.165) is 5.69 Å². The number of carbonyl (C=O) groups is 1.